The number of amides is 1. The number of carbonyl (C=O) groups is 1. The second-order valence-electron chi connectivity index (χ2n) is 6.21. The summed E-state index contributed by atoms with van der Waals surface area (Å²) in [5, 5.41) is 4.45. The molecule has 0 radical (unpaired) electrons. The molecule has 0 saturated heterocycles. The van der Waals surface area contributed by atoms with E-state index in [9.17, 15) is 4.79 Å². The zero-order chi connectivity index (χ0) is 14.1. The molecule has 0 unspecified atom stereocenters. The third-order valence-corrected chi connectivity index (χ3v) is 4.54. The third kappa shape index (κ3) is 2.59. The molecule has 0 N–H and O–H groups in total. The van der Waals surface area contributed by atoms with Crippen LogP contribution in [0, 0.1) is 0 Å². The van der Waals surface area contributed by atoms with Gasteiger partial charge in [0.25, 0.3) is 5.91 Å². The van der Waals surface area contributed by atoms with Crippen LogP contribution >= 0.6 is 0 Å². The van der Waals surface area contributed by atoms with E-state index in [2.05, 4.69) is 10.00 Å². The van der Waals surface area contributed by atoms with Crippen LogP contribution in [0.1, 0.15) is 48.3 Å². The van der Waals surface area contributed by atoms with Crippen molar-refractivity contribution in [2.24, 2.45) is 0 Å². The quantitative estimate of drug-likeness (QED) is 0.826. The van der Waals surface area contributed by atoms with Crippen LogP contribution in [0.15, 0.2) is 6.07 Å². The van der Waals surface area contributed by atoms with Crippen molar-refractivity contribution in [1.82, 2.24) is 19.6 Å². The van der Waals surface area contributed by atoms with Crippen molar-refractivity contribution in [1.29, 1.82) is 0 Å². The van der Waals surface area contributed by atoms with E-state index in [4.69, 9.17) is 0 Å². The van der Waals surface area contributed by atoms with Crippen LogP contribution in [-0.2, 0) is 13.1 Å². The van der Waals surface area contributed by atoms with Crippen molar-refractivity contribution < 1.29 is 4.79 Å². The molecule has 0 spiro atoms. The first-order chi connectivity index (χ1) is 9.65. The summed E-state index contributed by atoms with van der Waals surface area (Å²) in [7, 11) is 3.55. The number of aromatic nitrogens is 2. The monoisotopic (exact) mass is 276 g/mol. The van der Waals surface area contributed by atoms with E-state index in [1.807, 2.05) is 10.7 Å². The van der Waals surface area contributed by atoms with Gasteiger partial charge in [-0.1, -0.05) is 19.3 Å². The molecule has 1 fully saturated rings. The molecule has 3 rings (SSSR count). The maximum atomic E-state index is 12.0. The van der Waals surface area contributed by atoms with E-state index >= 15 is 0 Å². The van der Waals surface area contributed by atoms with Gasteiger partial charge in [0, 0.05) is 33.2 Å². The number of fused-ring (bicyclic) bond motifs is 1. The van der Waals surface area contributed by atoms with Crippen molar-refractivity contribution >= 4 is 5.91 Å². The Morgan fingerprint density at radius 1 is 1.25 bits per heavy atom. The molecule has 5 heteroatoms. The summed E-state index contributed by atoms with van der Waals surface area (Å²) in [6.07, 6.45) is 6.79. The smallest absolute Gasteiger partial charge is 0.273 e. The Morgan fingerprint density at radius 3 is 2.70 bits per heavy atom. The van der Waals surface area contributed by atoms with Gasteiger partial charge in [0.05, 0.1) is 12.2 Å². The van der Waals surface area contributed by atoms with Crippen molar-refractivity contribution in [3.8, 4) is 0 Å². The van der Waals surface area contributed by atoms with Crippen LogP contribution in [0.25, 0.3) is 0 Å². The van der Waals surface area contributed by atoms with Crippen LogP contribution in [-0.4, -0.2) is 52.2 Å². The van der Waals surface area contributed by atoms with Gasteiger partial charge in [-0.2, -0.15) is 5.10 Å². The number of hydrogen-bond donors (Lipinski definition) is 0. The standard InChI is InChI=1S/C15H24N4O/c1-17(2)15(20)14-10-13-11-18(8-9-19(13)16-14)12-6-4-3-5-7-12/h10,12H,3-9,11H2,1-2H3. The van der Waals surface area contributed by atoms with E-state index in [1.165, 1.54) is 37.8 Å². The average Bonchev–Trinajstić information content (AvgIpc) is 2.90. The number of carbonyl (C=O) groups excluding carboxylic acids is 1. The summed E-state index contributed by atoms with van der Waals surface area (Å²) in [4.78, 5) is 16.2. The third-order valence-electron chi connectivity index (χ3n) is 4.54. The Morgan fingerprint density at radius 2 is 2.00 bits per heavy atom. The lowest BCUT2D eigenvalue weighted by atomic mass is 9.94. The van der Waals surface area contributed by atoms with Crippen LogP contribution < -0.4 is 0 Å². The minimum atomic E-state index is -0.00360. The molecule has 0 aromatic carbocycles. The number of hydrogen-bond acceptors (Lipinski definition) is 3. The second-order valence-corrected chi connectivity index (χ2v) is 6.21. The molecular weight excluding hydrogens is 252 g/mol. The molecule has 0 bridgehead atoms. The van der Waals surface area contributed by atoms with Gasteiger partial charge in [0.1, 0.15) is 0 Å². The lowest BCUT2D eigenvalue weighted by molar-refractivity contribution is 0.0820. The van der Waals surface area contributed by atoms with Crippen molar-refractivity contribution in [2.45, 2.75) is 51.2 Å². The molecule has 2 heterocycles. The van der Waals surface area contributed by atoms with E-state index in [0.717, 1.165) is 25.7 Å². The Kier molecular flexibility index (Phi) is 3.78. The van der Waals surface area contributed by atoms with Gasteiger partial charge < -0.3 is 4.90 Å². The molecule has 1 aromatic rings. The molecule has 5 nitrogen and oxygen atoms in total. The number of nitrogens with zero attached hydrogens (tertiary/aromatic N) is 4. The predicted octanol–water partition coefficient (Wildman–Crippen LogP) is 1.73. The maximum absolute atomic E-state index is 12.0. The maximum Gasteiger partial charge on any atom is 0.273 e. The van der Waals surface area contributed by atoms with Crippen LogP contribution in [0.3, 0.4) is 0 Å². The fraction of sp³-hybridized carbons (Fsp3) is 0.733. The molecule has 1 amide bonds. The van der Waals surface area contributed by atoms with E-state index in [0.29, 0.717) is 5.69 Å². The Bertz CT molecular complexity index is 488. The molecule has 1 aliphatic carbocycles. The highest BCUT2D eigenvalue weighted by molar-refractivity contribution is 5.92. The van der Waals surface area contributed by atoms with E-state index in [1.54, 1.807) is 19.0 Å². The highest BCUT2D eigenvalue weighted by Crippen LogP contribution is 2.26. The van der Waals surface area contributed by atoms with Gasteiger partial charge >= 0.3 is 0 Å². The SMILES string of the molecule is CN(C)C(=O)c1cc2n(n1)CCN(C1CCCCC1)C2. The topological polar surface area (TPSA) is 41.4 Å². The van der Waals surface area contributed by atoms with Gasteiger partial charge in [0.2, 0.25) is 0 Å². The first kappa shape index (κ1) is 13.6. The summed E-state index contributed by atoms with van der Waals surface area (Å²) in [5.74, 6) is -0.00360. The minimum Gasteiger partial charge on any atom is -0.343 e. The summed E-state index contributed by atoms with van der Waals surface area (Å²) in [5.41, 5.74) is 1.77. The zero-order valence-electron chi connectivity index (χ0n) is 12.5. The summed E-state index contributed by atoms with van der Waals surface area (Å²) in [6, 6.07) is 2.71. The summed E-state index contributed by atoms with van der Waals surface area (Å²) < 4.78 is 2.01. The van der Waals surface area contributed by atoms with Crippen LogP contribution in [0.4, 0.5) is 0 Å². The predicted molar refractivity (Wildman–Crippen MR) is 77.5 cm³/mol. The first-order valence-electron chi connectivity index (χ1n) is 7.67. The molecule has 2 aliphatic rings. The van der Waals surface area contributed by atoms with Crippen LogP contribution in [0.5, 0.6) is 0 Å². The lowest BCUT2D eigenvalue weighted by Gasteiger charge is -2.36. The van der Waals surface area contributed by atoms with Gasteiger partial charge in [-0.15, -0.1) is 0 Å². The molecule has 0 atom stereocenters. The molecule has 1 aliphatic heterocycles. The van der Waals surface area contributed by atoms with Crippen molar-refractivity contribution in [3.05, 3.63) is 17.5 Å². The molecule has 110 valence electrons. The summed E-state index contributed by atoms with van der Waals surface area (Å²) in [6.45, 7) is 2.92. The number of rotatable bonds is 2. The van der Waals surface area contributed by atoms with Gasteiger partial charge in [-0.25, -0.2) is 0 Å². The van der Waals surface area contributed by atoms with Crippen molar-refractivity contribution in [2.75, 3.05) is 20.6 Å². The van der Waals surface area contributed by atoms with E-state index in [-0.39, 0.29) is 5.91 Å². The van der Waals surface area contributed by atoms with Crippen LogP contribution in [0.2, 0.25) is 0 Å². The average molecular weight is 276 g/mol. The van der Waals surface area contributed by atoms with Gasteiger partial charge in [-0.05, 0) is 18.9 Å². The van der Waals surface area contributed by atoms with Crippen molar-refractivity contribution in [3.63, 3.8) is 0 Å². The van der Waals surface area contributed by atoms with Gasteiger partial charge in [0.15, 0.2) is 5.69 Å². The summed E-state index contributed by atoms with van der Waals surface area (Å²) >= 11 is 0. The molecule has 20 heavy (non-hydrogen) atoms. The van der Waals surface area contributed by atoms with Gasteiger partial charge in [-0.3, -0.25) is 14.4 Å². The first-order valence-corrected chi connectivity index (χ1v) is 7.67. The second kappa shape index (κ2) is 5.56. The van der Waals surface area contributed by atoms with E-state index < -0.39 is 0 Å². The highest BCUT2D eigenvalue weighted by atomic mass is 16.2. The fourth-order valence-electron chi connectivity index (χ4n) is 3.38. The molecule has 1 saturated carbocycles. The normalized spacial score (nSPS) is 20.7. The zero-order valence-corrected chi connectivity index (χ0v) is 12.5. The molecule has 1 aromatic heterocycles. The molecular formula is C15H24N4O. The highest BCUT2D eigenvalue weighted by Gasteiger charge is 2.27. The Hall–Kier alpha value is -1.36. The fourth-order valence-corrected chi connectivity index (χ4v) is 3.38. The Balaban J connectivity index is 1.72. The Labute approximate surface area is 120 Å². The largest absolute Gasteiger partial charge is 0.343 e. The minimum absolute atomic E-state index is 0.00360. The lowest BCUT2D eigenvalue weighted by Crippen LogP contribution is -2.42.